The monoisotopic (exact) mass is 276 g/mol. The summed E-state index contributed by atoms with van der Waals surface area (Å²) in [4.78, 5) is 11.9. The van der Waals surface area contributed by atoms with Gasteiger partial charge in [0, 0.05) is 19.3 Å². The number of carbonyl (C=O) groups is 1. The lowest BCUT2D eigenvalue weighted by Crippen LogP contribution is -2.15. The van der Waals surface area contributed by atoms with Gasteiger partial charge in [-0.1, -0.05) is 0 Å². The fraction of sp³-hybridized carbons (Fsp3) is 0.154. The van der Waals surface area contributed by atoms with Crippen LogP contribution in [0.3, 0.4) is 0 Å². The van der Waals surface area contributed by atoms with Crippen LogP contribution in [0.25, 0.3) is 0 Å². The molecule has 0 radical (unpaired) electrons. The highest BCUT2D eigenvalue weighted by Gasteiger charge is 2.17. The van der Waals surface area contributed by atoms with Gasteiger partial charge in [-0.25, -0.2) is 8.78 Å². The maximum absolute atomic E-state index is 13.6. The van der Waals surface area contributed by atoms with Crippen LogP contribution in [0.4, 0.5) is 14.6 Å². The van der Waals surface area contributed by atoms with Gasteiger partial charge < -0.3 is 5.32 Å². The Kier molecular flexibility index (Phi) is 3.48. The van der Waals surface area contributed by atoms with E-state index in [9.17, 15) is 13.6 Å². The summed E-state index contributed by atoms with van der Waals surface area (Å²) < 4.78 is 28.1. The van der Waals surface area contributed by atoms with Crippen molar-refractivity contribution in [2.45, 2.75) is 6.92 Å². The summed E-state index contributed by atoms with van der Waals surface area (Å²) in [6.07, 6.45) is 1.42. The summed E-state index contributed by atoms with van der Waals surface area (Å²) in [7, 11) is 1.58. The first-order valence-electron chi connectivity index (χ1n) is 5.63. The summed E-state index contributed by atoms with van der Waals surface area (Å²) in [5, 5.41) is 15.1. The summed E-state index contributed by atoms with van der Waals surface area (Å²) >= 11 is 0. The molecule has 20 heavy (non-hydrogen) atoms. The van der Waals surface area contributed by atoms with Crippen molar-refractivity contribution in [1.82, 2.24) is 9.78 Å². The zero-order chi connectivity index (χ0) is 14.9. The Hall–Kier alpha value is -2.75. The molecule has 0 unspecified atom stereocenters. The lowest BCUT2D eigenvalue weighted by atomic mass is 10.1. The standard InChI is InChI=1S/C13H10F2N4O/c1-7-3-9(11(15)4-10(7)14)13(20)17-12-8(5-16)6-19(2)18-12/h3-4,6H,1-2H3,(H,17,18,20). The fourth-order valence-corrected chi connectivity index (χ4v) is 1.67. The van der Waals surface area contributed by atoms with Crippen molar-refractivity contribution in [3.63, 3.8) is 0 Å². The Labute approximate surface area is 113 Å². The van der Waals surface area contributed by atoms with Crippen molar-refractivity contribution >= 4 is 11.7 Å². The minimum atomic E-state index is -0.972. The molecule has 5 nitrogen and oxygen atoms in total. The molecule has 0 fully saturated rings. The minimum Gasteiger partial charge on any atom is -0.304 e. The molecule has 2 rings (SSSR count). The first kappa shape index (κ1) is 13.7. The third-order valence-corrected chi connectivity index (χ3v) is 2.67. The molecule has 0 aliphatic heterocycles. The molecule has 102 valence electrons. The van der Waals surface area contributed by atoms with Gasteiger partial charge in [-0.3, -0.25) is 9.48 Å². The third-order valence-electron chi connectivity index (χ3n) is 2.67. The van der Waals surface area contributed by atoms with Gasteiger partial charge in [0.25, 0.3) is 5.91 Å². The van der Waals surface area contributed by atoms with E-state index in [2.05, 4.69) is 10.4 Å². The van der Waals surface area contributed by atoms with E-state index in [0.717, 1.165) is 6.07 Å². The summed E-state index contributed by atoms with van der Waals surface area (Å²) in [6.45, 7) is 1.42. The maximum Gasteiger partial charge on any atom is 0.259 e. The molecule has 1 aromatic carbocycles. The molecule has 1 N–H and O–H groups in total. The van der Waals surface area contributed by atoms with Crippen LogP contribution in [0, 0.1) is 29.9 Å². The molecule has 7 heteroatoms. The number of anilines is 1. The number of amides is 1. The summed E-state index contributed by atoms with van der Waals surface area (Å²) in [6, 6.07) is 3.61. The van der Waals surface area contributed by atoms with E-state index in [1.54, 1.807) is 7.05 Å². The van der Waals surface area contributed by atoms with Crippen molar-refractivity contribution in [3.05, 3.63) is 46.7 Å². The number of halogens is 2. The first-order chi connectivity index (χ1) is 9.42. The van der Waals surface area contributed by atoms with Gasteiger partial charge in [-0.15, -0.1) is 0 Å². The van der Waals surface area contributed by atoms with Crippen molar-refractivity contribution in [2.75, 3.05) is 5.32 Å². The smallest absolute Gasteiger partial charge is 0.259 e. The van der Waals surface area contributed by atoms with E-state index < -0.39 is 17.5 Å². The average Bonchev–Trinajstić information content (AvgIpc) is 2.73. The summed E-state index contributed by atoms with van der Waals surface area (Å²) in [5.74, 6) is -2.46. The number of nitrogens with zero attached hydrogens (tertiary/aromatic N) is 3. The predicted molar refractivity (Wildman–Crippen MR) is 67.0 cm³/mol. The van der Waals surface area contributed by atoms with E-state index in [0.29, 0.717) is 6.07 Å². The van der Waals surface area contributed by atoms with Crippen LogP contribution in [0.1, 0.15) is 21.5 Å². The SMILES string of the molecule is Cc1cc(C(=O)Nc2nn(C)cc2C#N)c(F)cc1F. The molecule has 1 heterocycles. The molecule has 0 aliphatic rings. The highest BCUT2D eigenvalue weighted by molar-refractivity contribution is 6.04. The minimum absolute atomic E-state index is 0.0291. The van der Waals surface area contributed by atoms with Crippen molar-refractivity contribution in [1.29, 1.82) is 5.26 Å². The van der Waals surface area contributed by atoms with Crippen LogP contribution < -0.4 is 5.32 Å². The number of aromatic nitrogens is 2. The molecule has 2 aromatic rings. The van der Waals surface area contributed by atoms with Crippen LogP contribution in [-0.2, 0) is 7.05 Å². The molecule has 0 saturated carbocycles. The van der Waals surface area contributed by atoms with Crippen molar-refractivity contribution < 1.29 is 13.6 Å². The number of hydrogen-bond acceptors (Lipinski definition) is 3. The van der Waals surface area contributed by atoms with Crippen LogP contribution in [0.2, 0.25) is 0 Å². The third kappa shape index (κ3) is 2.49. The fourth-order valence-electron chi connectivity index (χ4n) is 1.67. The molecular weight excluding hydrogens is 266 g/mol. The quantitative estimate of drug-likeness (QED) is 0.913. The van der Waals surface area contributed by atoms with Gasteiger partial charge in [0.1, 0.15) is 23.3 Å². The Bertz CT molecular complexity index is 731. The molecule has 1 aromatic heterocycles. The van der Waals surface area contributed by atoms with Crippen LogP contribution in [0.15, 0.2) is 18.3 Å². The molecular formula is C13H10F2N4O. The second-order valence-electron chi connectivity index (χ2n) is 4.21. The average molecular weight is 276 g/mol. The summed E-state index contributed by atoms with van der Waals surface area (Å²) in [5.41, 5.74) is -0.00314. The number of aryl methyl sites for hydroxylation is 2. The molecule has 0 aliphatic carbocycles. The van der Waals surface area contributed by atoms with E-state index in [-0.39, 0.29) is 22.5 Å². The lowest BCUT2D eigenvalue weighted by molar-refractivity contribution is 0.102. The van der Waals surface area contributed by atoms with Gasteiger partial charge in [0.15, 0.2) is 5.82 Å². The van der Waals surface area contributed by atoms with Crippen LogP contribution in [-0.4, -0.2) is 15.7 Å². The Morgan fingerprint density at radius 2 is 2.10 bits per heavy atom. The molecule has 0 saturated heterocycles. The molecule has 0 bridgehead atoms. The Morgan fingerprint density at radius 3 is 2.75 bits per heavy atom. The molecule has 0 spiro atoms. The Balaban J connectivity index is 2.33. The van der Waals surface area contributed by atoms with Gasteiger partial charge in [0.05, 0.1) is 5.56 Å². The van der Waals surface area contributed by atoms with E-state index in [1.807, 2.05) is 6.07 Å². The number of nitriles is 1. The topological polar surface area (TPSA) is 70.7 Å². The number of rotatable bonds is 2. The number of carbonyl (C=O) groups excluding carboxylic acids is 1. The van der Waals surface area contributed by atoms with Crippen molar-refractivity contribution in [3.8, 4) is 6.07 Å². The first-order valence-corrected chi connectivity index (χ1v) is 5.63. The lowest BCUT2D eigenvalue weighted by Gasteiger charge is -2.06. The normalized spacial score (nSPS) is 10.2. The zero-order valence-corrected chi connectivity index (χ0v) is 10.7. The van der Waals surface area contributed by atoms with Crippen LogP contribution >= 0.6 is 0 Å². The van der Waals surface area contributed by atoms with Gasteiger partial charge in [0.2, 0.25) is 0 Å². The zero-order valence-electron chi connectivity index (χ0n) is 10.7. The Morgan fingerprint density at radius 1 is 1.40 bits per heavy atom. The van der Waals surface area contributed by atoms with E-state index in [4.69, 9.17) is 5.26 Å². The largest absolute Gasteiger partial charge is 0.304 e. The van der Waals surface area contributed by atoms with Gasteiger partial charge in [-0.2, -0.15) is 10.4 Å². The highest BCUT2D eigenvalue weighted by atomic mass is 19.1. The second kappa shape index (κ2) is 5.09. The second-order valence-corrected chi connectivity index (χ2v) is 4.21. The molecule has 1 amide bonds. The van der Waals surface area contributed by atoms with E-state index >= 15 is 0 Å². The van der Waals surface area contributed by atoms with E-state index in [1.165, 1.54) is 17.8 Å². The number of benzene rings is 1. The number of hydrogen-bond donors (Lipinski definition) is 1. The number of nitrogens with one attached hydrogen (secondary N) is 1. The molecule has 0 atom stereocenters. The maximum atomic E-state index is 13.6. The predicted octanol–water partition coefficient (Wildman–Crippen LogP) is 2.13. The van der Waals surface area contributed by atoms with Crippen LogP contribution in [0.5, 0.6) is 0 Å². The van der Waals surface area contributed by atoms with Gasteiger partial charge >= 0.3 is 0 Å². The van der Waals surface area contributed by atoms with Gasteiger partial charge in [-0.05, 0) is 18.6 Å². The highest BCUT2D eigenvalue weighted by Crippen LogP contribution is 2.17. The van der Waals surface area contributed by atoms with Crippen molar-refractivity contribution in [2.24, 2.45) is 7.05 Å².